The van der Waals surface area contributed by atoms with Gasteiger partial charge in [0.25, 0.3) is 0 Å². The van der Waals surface area contributed by atoms with Gasteiger partial charge in [-0.1, -0.05) is 49.7 Å². The van der Waals surface area contributed by atoms with E-state index in [0.29, 0.717) is 12.1 Å². The van der Waals surface area contributed by atoms with Crippen LogP contribution in [0.2, 0.25) is 0 Å². The summed E-state index contributed by atoms with van der Waals surface area (Å²) < 4.78 is 90.2. The molecule has 0 aromatic heterocycles. The first-order valence-electron chi connectivity index (χ1n) is 10.2. The Hall–Kier alpha value is -3.49. The molecule has 0 radical (unpaired) electrons. The van der Waals surface area contributed by atoms with Crippen molar-refractivity contribution in [1.29, 1.82) is 0 Å². The average molecular weight is 482 g/mol. The van der Waals surface area contributed by atoms with Crippen LogP contribution in [-0.2, 0) is 18.8 Å². The molecule has 0 atom stereocenters. The summed E-state index contributed by atoms with van der Waals surface area (Å²) in [6.07, 6.45) is -8.91. The van der Waals surface area contributed by atoms with Crippen LogP contribution in [-0.4, -0.2) is 13.1 Å². The Bertz CT molecular complexity index is 1150. The molecule has 0 N–H and O–H groups in total. The fraction of sp³-hybridized carbons (Fsp3) is 0.240. The van der Waals surface area contributed by atoms with Crippen molar-refractivity contribution in [2.75, 3.05) is 7.11 Å². The van der Waals surface area contributed by atoms with E-state index in [9.17, 15) is 31.1 Å². The molecule has 9 heteroatoms. The molecular weight excluding hydrogens is 462 g/mol. The molecular formula is C25H20F6O3. The van der Waals surface area contributed by atoms with Crippen molar-refractivity contribution in [1.82, 2.24) is 0 Å². The molecule has 0 saturated carbocycles. The first-order chi connectivity index (χ1) is 16.0. The monoisotopic (exact) mass is 482 g/mol. The summed E-state index contributed by atoms with van der Waals surface area (Å²) in [6, 6.07) is 14.9. The Labute approximate surface area is 191 Å². The van der Waals surface area contributed by atoms with Gasteiger partial charge in [-0.15, -0.1) is 0 Å². The molecule has 0 aliphatic rings. The molecule has 3 rings (SSSR count). The molecule has 0 aliphatic carbocycles. The van der Waals surface area contributed by atoms with E-state index in [1.165, 1.54) is 17.7 Å². The molecule has 180 valence electrons. The van der Waals surface area contributed by atoms with Gasteiger partial charge in [0.05, 0.1) is 12.7 Å². The van der Waals surface area contributed by atoms with E-state index >= 15 is 0 Å². The largest absolute Gasteiger partial charge is 0.496 e. The number of hydrogen-bond acceptors (Lipinski definition) is 3. The number of aryl methyl sites for hydroxylation is 1. The molecule has 0 aliphatic heterocycles. The Kier molecular flexibility index (Phi) is 7.24. The number of esters is 1. The maximum Gasteiger partial charge on any atom is 0.420 e. The zero-order chi connectivity index (χ0) is 25.1. The van der Waals surface area contributed by atoms with Crippen LogP contribution in [0.4, 0.5) is 26.3 Å². The third-order valence-corrected chi connectivity index (χ3v) is 5.06. The van der Waals surface area contributed by atoms with Crippen molar-refractivity contribution >= 4 is 5.97 Å². The summed E-state index contributed by atoms with van der Waals surface area (Å²) in [7, 11) is 0.815. The van der Waals surface area contributed by atoms with Crippen LogP contribution >= 0.6 is 0 Å². The van der Waals surface area contributed by atoms with Gasteiger partial charge >= 0.3 is 18.3 Å². The number of ether oxygens (including phenoxy) is 2. The molecule has 0 bridgehead atoms. The van der Waals surface area contributed by atoms with Crippen molar-refractivity contribution in [2.24, 2.45) is 0 Å². The van der Waals surface area contributed by atoms with E-state index in [4.69, 9.17) is 4.74 Å². The van der Waals surface area contributed by atoms with Gasteiger partial charge < -0.3 is 9.47 Å². The van der Waals surface area contributed by atoms with Crippen molar-refractivity contribution in [2.45, 2.75) is 32.1 Å². The summed E-state index contributed by atoms with van der Waals surface area (Å²) in [5.74, 6) is -3.52. The van der Waals surface area contributed by atoms with Gasteiger partial charge in [-0.25, -0.2) is 4.79 Å². The minimum Gasteiger partial charge on any atom is -0.496 e. The normalized spacial score (nSPS) is 11.9. The maximum absolute atomic E-state index is 13.6. The molecule has 34 heavy (non-hydrogen) atoms. The van der Waals surface area contributed by atoms with Crippen LogP contribution in [0.3, 0.4) is 0 Å². The average Bonchev–Trinajstić information content (AvgIpc) is 2.78. The Morgan fingerprint density at radius 3 is 1.68 bits per heavy atom. The number of benzene rings is 3. The van der Waals surface area contributed by atoms with E-state index in [1.807, 2.05) is 24.3 Å². The lowest BCUT2D eigenvalue weighted by molar-refractivity contribution is -0.163. The first kappa shape index (κ1) is 25.1. The van der Waals surface area contributed by atoms with Gasteiger partial charge in [-0.3, -0.25) is 0 Å². The molecule has 0 heterocycles. The number of alkyl halides is 6. The zero-order valence-electron chi connectivity index (χ0n) is 18.2. The summed E-state index contributed by atoms with van der Waals surface area (Å²) in [4.78, 5) is 12.5. The van der Waals surface area contributed by atoms with Gasteiger partial charge in [-0.2, -0.15) is 26.3 Å². The van der Waals surface area contributed by atoms with Crippen LogP contribution in [0.1, 0.15) is 40.4 Å². The lowest BCUT2D eigenvalue weighted by atomic mass is 10.0. The number of hydrogen-bond donors (Lipinski definition) is 0. The topological polar surface area (TPSA) is 35.5 Å². The summed E-state index contributed by atoms with van der Waals surface area (Å²) in [5, 5.41) is 0. The van der Waals surface area contributed by atoms with Crippen LogP contribution in [0.5, 0.6) is 11.5 Å². The second-order valence-corrected chi connectivity index (χ2v) is 7.43. The molecule has 3 aromatic rings. The summed E-state index contributed by atoms with van der Waals surface area (Å²) >= 11 is 0. The van der Waals surface area contributed by atoms with Gasteiger partial charge in [0.1, 0.15) is 22.6 Å². The van der Waals surface area contributed by atoms with Crippen LogP contribution in [0.25, 0.3) is 11.1 Å². The highest BCUT2D eigenvalue weighted by atomic mass is 19.4. The molecule has 0 saturated heterocycles. The second-order valence-electron chi connectivity index (χ2n) is 7.43. The highest BCUT2D eigenvalue weighted by Gasteiger charge is 2.48. The van der Waals surface area contributed by atoms with Gasteiger partial charge in [0, 0.05) is 0 Å². The number of carbonyl (C=O) groups is 1. The summed E-state index contributed by atoms with van der Waals surface area (Å²) in [5.41, 5.74) is -1.52. The lowest BCUT2D eigenvalue weighted by Gasteiger charge is -2.21. The van der Waals surface area contributed by atoms with E-state index in [1.54, 1.807) is 12.1 Å². The number of carbonyl (C=O) groups excluding carboxylic acids is 1. The minimum absolute atomic E-state index is 0.121. The molecule has 3 aromatic carbocycles. The van der Waals surface area contributed by atoms with Gasteiger partial charge in [0.2, 0.25) is 0 Å². The number of methoxy groups -OCH3 is 1. The predicted molar refractivity (Wildman–Crippen MR) is 114 cm³/mol. The van der Waals surface area contributed by atoms with Gasteiger partial charge in [-0.05, 0) is 47.4 Å². The Balaban J connectivity index is 1.91. The molecule has 0 fully saturated rings. The fourth-order valence-electron chi connectivity index (χ4n) is 3.49. The molecule has 3 nitrogen and oxygen atoms in total. The standard InChI is InChI=1S/C25H20F6O3/c1-3-4-15-5-7-16(8-6-15)17-9-11-18(12-10-17)23(32)34-20-14-13-19(33-2)21(24(26,27)28)22(20)25(29,30)31/h5-14H,3-4H2,1-2H3. The number of halogens is 6. The van der Waals surface area contributed by atoms with Crippen molar-refractivity contribution in [3.63, 3.8) is 0 Å². The molecule has 0 spiro atoms. The van der Waals surface area contributed by atoms with E-state index in [2.05, 4.69) is 11.7 Å². The lowest BCUT2D eigenvalue weighted by Crippen LogP contribution is -2.21. The second kappa shape index (κ2) is 9.79. The third-order valence-electron chi connectivity index (χ3n) is 5.06. The quantitative estimate of drug-likeness (QED) is 0.207. The SMILES string of the molecule is CCCc1ccc(-c2ccc(C(=O)Oc3ccc(OC)c(C(F)(F)F)c3C(F)(F)F)cc2)cc1. The van der Waals surface area contributed by atoms with E-state index < -0.39 is 40.9 Å². The Morgan fingerprint density at radius 2 is 1.21 bits per heavy atom. The van der Waals surface area contributed by atoms with Crippen molar-refractivity contribution in [3.8, 4) is 22.6 Å². The van der Waals surface area contributed by atoms with Crippen LogP contribution < -0.4 is 9.47 Å². The van der Waals surface area contributed by atoms with Crippen LogP contribution in [0, 0.1) is 0 Å². The minimum atomic E-state index is -5.46. The number of rotatable bonds is 6. The summed E-state index contributed by atoms with van der Waals surface area (Å²) in [6.45, 7) is 2.07. The van der Waals surface area contributed by atoms with E-state index in [-0.39, 0.29) is 5.56 Å². The highest BCUT2D eigenvalue weighted by molar-refractivity contribution is 5.92. The maximum atomic E-state index is 13.6. The Morgan fingerprint density at radius 1 is 0.735 bits per heavy atom. The smallest absolute Gasteiger partial charge is 0.420 e. The van der Waals surface area contributed by atoms with Crippen molar-refractivity contribution in [3.05, 3.63) is 82.9 Å². The molecule has 0 unspecified atom stereocenters. The van der Waals surface area contributed by atoms with E-state index in [0.717, 1.165) is 31.1 Å². The predicted octanol–water partition coefficient (Wildman–Crippen LogP) is 7.57. The highest BCUT2D eigenvalue weighted by Crippen LogP contribution is 2.49. The first-order valence-corrected chi connectivity index (χ1v) is 10.2. The molecule has 0 amide bonds. The zero-order valence-corrected chi connectivity index (χ0v) is 18.2. The van der Waals surface area contributed by atoms with Gasteiger partial charge in [0.15, 0.2) is 0 Å². The van der Waals surface area contributed by atoms with Crippen LogP contribution in [0.15, 0.2) is 60.7 Å². The van der Waals surface area contributed by atoms with Crippen molar-refractivity contribution < 1.29 is 40.6 Å². The fourth-order valence-corrected chi connectivity index (χ4v) is 3.49. The third kappa shape index (κ3) is 5.52.